The normalized spacial score (nSPS) is 10.9. The maximum atomic E-state index is 13.3. The smallest absolute Gasteiger partial charge is 0.243 e. The molecule has 1 aromatic heterocycles. The van der Waals surface area contributed by atoms with Crippen molar-refractivity contribution < 1.29 is 13.6 Å². The lowest BCUT2D eigenvalue weighted by Gasteiger charge is -2.18. The van der Waals surface area contributed by atoms with Crippen molar-refractivity contribution in [1.82, 2.24) is 10.3 Å². The quantitative estimate of drug-likeness (QED) is 0.220. The van der Waals surface area contributed by atoms with Crippen molar-refractivity contribution >= 4 is 24.4 Å². The van der Waals surface area contributed by atoms with Crippen LogP contribution in [0.25, 0.3) is 6.08 Å². The van der Waals surface area contributed by atoms with E-state index in [9.17, 15) is 13.6 Å². The standard InChI is InChI=1S/C28H30F2N2O.ClH/c29-25-14-10-23(11-15-25)27(24-12-16-26(30)17-13-24)8-4-2-1-3-5-20-32-28(33)18-9-22-7-6-19-31-21-22;/h6-7,9-19,21,27H,1-5,8,20H2,(H,32,33);1H. The fourth-order valence-corrected chi connectivity index (χ4v) is 3.84. The molecule has 0 saturated carbocycles. The molecule has 1 amide bonds. The Morgan fingerprint density at radius 1 is 0.853 bits per heavy atom. The molecule has 3 rings (SSSR count). The fraction of sp³-hybridized carbons (Fsp3) is 0.286. The van der Waals surface area contributed by atoms with Gasteiger partial charge in [0, 0.05) is 30.9 Å². The topological polar surface area (TPSA) is 42.0 Å². The van der Waals surface area contributed by atoms with Crippen LogP contribution in [0.3, 0.4) is 0 Å². The summed E-state index contributed by atoms with van der Waals surface area (Å²) >= 11 is 0. The average Bonchev–Trinajstić information content (AvgIpc) is 2.84. The van der Waals surface area contributed by atoms with Gasteiger partial charge in [0.05, 0.1) is 0 Å². The number of carbonyl (C=O) groups is 1. The molecule has 180 valence electrons. The minimum Gasteiger partial charge on any atom is -0.353 e. The number of pyridine rings is 1. The molecule has 6 heteroatoms. The van der Waals surface area contributed by atoms with Crippen molar-refractivity contribution in [2.45, 2.75) is 44.4 Å². The molecule has 34 heavy (non-hydrogen) atoms. The van der Waals surface area contributed by atoms with E-state index in [0.29, 0.717) is 6.54 Å². The molecule has 1 N–H and O–H groups in total. The van der Waals surface area contributed by atoms with Gasteiger partial charge in [0.15, 0.2) is 0 Å². The number of unbranched alkanes of at least 4 members (excludes halogenated alkanes) is 4. The van der Waals surface area contributed by atoms with E-state index in [2.05, 4.69) is 10.3 Å². The molecule has 0 fully saturated rings. The molecular formula is C28H31ClF2N2O. The molecule has 0 aliphatic carbocycles. The molecule has 0 spiro atoms. The molecule has 0 aliphatic heterocycles. The first kappa shape index (κ1) is 27.2. The first-order chi connectivity index (χ1) is 16.1. The van der Waals surface area contributed by atoms with Crippen molar-refractivity contribution in [3.05, 3.63) is 107 Å². The Morgan fingerprint density at radius 2 is 1.44 bits per heavy atom. The Morgan fingerprint density at radius 3 is 2.03 bits per heavy atom. The number of nitrogens with zero attached hydrogens (tertiary/aromatic N) is 1. The molecule has 0 aliphatic rings. The highest BCUT2D eigenvalue weighted by Crippen LogP contribution is 2.30. The first-order valence-corrected chi connectivity index (χ1v) is 11.5. The molecule has 0 radical (unpaired) electrons. The summed E-state index contributed by atoms with van der Waals surface area (Å²) in [6.45, 7) is 0.657. The van der Waals surface area contributed by atoms with Crippen LogP contribution in [0.4, 0.5) is 8.78 Å². The Kier molecular flexibility index (Phi) is 12.0. The van der Waals surface area contributed by atoms with E-state index in [-0.39, 0.29) is 35.9 Å². The summed E-state index contributed by atoms with van der Waals surface area (Å²) in [6.07, 6.45) is 12.8. The number of benzene rings is 2. The van der Waals surface area contributed by atoms with Gasteiger partial charge in [0.1, 0.15) is 11.6 Å². The molecule has 0 unspecified atom stereocenters. The molecular weight excluding hydrogens is 454 g/mol. The highest BCUT2D eigenvalue weighted by molar-refractivity contribution is 5.91. The summed E-state index contributed by atoms with van der Waals surface area (Å²) in [4.78, 5) is 15.9. The zero-order chi connectivity index (χ0) is 23.3. The van der Waals surface area contributed by atoms with E-state index in [1.54, 1.807) is 18.5 Å². The van der Waals surface area contributed by atoms with Crippen LogP contribution in [0.1, 0.15) is 61.1 Å². The van der Waals surface area contributed by atoms with Crippen LogP contribution >= 0.6 is 12.4 Å². The lowest BCUT2D eigenvalue weighted by Crippen LogP contribution is -2.21. The number of nitrogens with one attached hydrogen (secondary N) is 1. The highest BCUT2D eigenvalue weighted by Gasteiger charge is 2.14. The van der Waals surface area contributed by atoms with Crippen molar-refractivity contribution in [3.63, 3.8) is 0 Å². The van der Waals surface area contributed by atoms with E-state index in [4.69, 9.17) is 0 Å². The Hall–Kier alpha value is -3.05. The van der Waals surface area contributed by atoms with E-state index >= 15 is 0 Å². The van der Waals surface area contributed by atoms with E-state index in [1.165, 1.54) is 30.3 Å². The zero-order valence-electron chi connectivity index (χ0n) is 19.1. The van der Waals surface area contributed by atoms with E-state index in [0.717, 1.165) is 55.2 Å². The van der Waals surface area contributed by atoms with E-state index in [1.807, 2.05) is 36.4 Å². The van der Waals surface area contributed by atoms with Crippen LogP contribution in [0.15, 0.2) is 79.1 Å². The number of rotatable bonds is 12. The van der Waals surface area contributed by atoms with Gasteiger partial charge in [0.25, 0.3) is 0 Å². The second-order valence-electron chi connectivity index (χ2n) is 8.12. The van der Waals surface area contributed by atoms with Gasteiger partial charge >= 0.3 is 0 Å². The summed E-state index contributed by atoms with van der Waals surface area (Å²) < 4.78 is 26.7. The van der Waals surface area contributed by atoms with Crippen LogP contribution in [-0.4, -0.2) is 17.4 Å². The van der Waals surface area contributed by atoms with Gasteiger partial charge in [-0.3, -0.25) is 9.78 Å². The number of hydrogen-bond acceptors (Lipinski definition) is 2. The van der Waals surface area contributed by atoms with Crippen LogP contribution in [0, 0.1) is 11.6 Å². The molecule has 3 aromatic rings. The Balaban J connectivity index is 0.00000408. The third-order valence-corrected chi connectivity index (χ3v) is 5.63. The number of amides is 1. The maximum absolute atomic E-state index is 13.3. The summed E-state index contributed by atoms with van der Waals surface area (Å²) in [5.41, 5.74) is 2.99. The summed E-state index contributed by atoms with van der Waals surface area (Å²) in [5.74, 6) is -0.482. The molecule has 0 saturated heterocycles. The van der Waals surface area contributed by atoms with Gasteiger partial charge < -0.3 is 5.32 Å². The maximum Gasteiger partial charge on any atom is 0.243 e. The van der Waals surface area contributed by atoms with Gasteiger partial charge in [0.2, 0.25) is 5.91 Å². The van der Waals surface area contributed by atoms with Crippen LogP contribution < -0.4 is 5.32 Å². The minimum atomic E-state index is -0.253. The molecule has 2 aromatic carbocycles. The molecule has 3 nitrogen and oxygen atoms in total. The van der Waals surface area contributed by atoms with Gasteiger partial charge in [-0.15, -0.1) is 12.4 Å². The Bertz CT molecular complexity index is 963. The van der Waals surface area contributed by atoms with Gasteiger partial charge in [-0.05, 0) is 65.9 Å². The number of halogens is 3. The summed E-state index contributed by atoms with van der Waals surface area (Å²) in [6, 6.07) is 16.9. The number of aromatic nitrogens is 1. The van der Waals surface area contributed by atoms with Crippen molar-refractivity contribution in [2.24, 2.45) is 0 Å². The van der Waals surface area contributed by atoms with Crippen molar-refractivity contribution in [1.29, 1.82) is 0 Å². The van der Waals surface area contributed by atoms with Crippen LogP contribution in [0.2, 0.25) is 0 Å². The molecule has 0 bridgehead atoms. The monoisotopic (exact) mass is 484 g/mol. The lowest BCUT2D eigenvalue weighted by molar-refractivity contribution is -0.116. The SMILES string of the molecule is Cl.O=C(C=Cc1cccnc1)NCCCCCCCC(c1ccc(F)cc1)c1ccc(F)cc1. The third-order valence-electron chi connectivity index (χ3n) is 5.63. The second-order valence-corrected chi connectivity index (χ2v) is 8.12. The van der Waals surface area contributed by atoms with Gasteiger partial charge in [-0.25, -0.2) is 8.78 Å². The predicted molar refractivity (Wildman–Crippen MR) is 136 cm³/mol. The minimum absolute atomic E-state index is 0. The molecule has 0 atom stereocenters. The molecule has 1 heterocycles. The van der Waals surface area contributed by atoms with Crippen LogP contribution in [-0.2, 0) is 4.79 Å². The Labute approximate surface area is 206 Å². The predicted octanol–water partition coefficient (Wildman–Crippen LogP) is 7.08. The van der Waals surface area contributed by atoms with Gasteiger partial charge in [-0.2, -0.15) is 0 Å². The lowest BCUT2D eigenvalue weighted by atomic mass is 9.86. The number of carbonyl (C=O) groups excluding carboxylic acids is 1. The summed E-state index contributed by atoms with van der Waals surface area (Å²) in [5, 5.41) is 2.91. The zero-order valence-corrected chi connectivity index (χ0v) is 19.9. The average molecular weight is 485 g/mol. The highest BCUT2D eigenvalue weighted by atomic mass is 35.5. The second kappa shape index (κ2) is 15.0. The third kappa shape index (κ3) is 9.44. The van der Waals surface area contributed by atoms with E-state index < -0.39 is 0 Å². The number of hydrogen-bond donors (Lipinski definition) is 1. The summed E-state index contributed by atoms with van der Waals surface area (Å²) in [7, 11) is 0. The van der Waals surface area contributed by atoms with Crippen molar-refractivity contribution in [2.75, 3.05) is 6.54 Å². The first-order valence-electron chi connectivity index (χ1n) is 11.5. The van der Waals surface area contributed by atoms with Crippen LogP contribution in [0.5, 0.6) is 0 Å². The van der Waals surface area contributed by atoms with Gasteiger partial charge in [-0.1, -0.05) is 56.0 Å². The fourth-order valence-electron chi connectivity index (χ4n) is 3.84. The van der Waals surface area contributed by atoms with Crippen molar-refractivity contribution in [3.8, 4) is 0 Å². The largest absolute Gasteiger partial charge is 0.353 e.